The lowest BCUT2D eigenvalue weighted by Crippen LogP contribution is -2.29. The molecule has 1 amide bonds. The van der Waals surface area contributed by atoms with Gasteiger partial charge in [-0.15, -0.1) is 5.10 Å². The minimum absolute atomic E-state index is 0.186. The van der Waals surface area contributed by atoms with Crippen molar-refractivity contribution in [3.8, 4) is 0 Å². The molecule has 2 heterocycles. The van der Waals surface area contributed by atoms with E-state index >= 15 is 0 Å². The molecule has 2 aromatic carbocycles. The van der Waals surface area contributed by atoms with Gasteiger partial charge in [-0.25, -0.2) is 13.4 Å². The van der Waals surface area contributed by atoms with E-state index in [2.05, 4.69) is 20.5 Å². The quantitative estimate of drug-likeness (QED) is 0.400. The number of halogens is 1. The normalized spacial score (nSPS) is 13.3. The summed E-state index contributed by atoms with van der Waals surface area (Å²) < 4.78 is 27.4. The number of aromatic nitrogens is 3. The van der Waals surface area contributed by atoms with Crippen molar-refractivity contribution in [3.05, 3.63) is 64.4 Å². The predicted octanol–water partition coefficient (Wildman–Crippen LogP) is 3.04. The second-order valence-corrected chi connectivity index (χ2v) is 10.3. The molecule has 0 aliphatic carbocycles. The molecule has 1 aliphatic rings. The average Bonchev–Trinajstić information content (AvgIpc) is 3.37. The summed E-state index contributed by atoms with van der Waals surface area (Å²) >= 11 is 7.32. The molecule has 1 aromatic heterocycles. The van der Waals surface area contributed by atoms with E-state index in [4.69, 9.17) is 11.6 Å². The second kappa shape index (κ2) is 8.89. The van der Waals surface area contributed by atoms with Crippen molar-refractivity contribution in [1.29, 1.82) is 0 Å². The van der Waals surface area contributed by atoms with Crippen LogP contribution in [0.15, 0.2) is 52.5 Å². The number of amides is 1. The topological polar surface area (TPSA) is 108 Å². The number of nitrogens with zero attached hydrogens (tertiary/aromatic N) is 3. The van der Waals surface area contributed by atoms with Gasteiger partial charge in [0.15, 0.2) is 0 Å². The van der Waals surface area contributed by atoms with Gasteiger partial charge in [-0.1, -0.05) is 23.4 Å². The zero-order chi connectivity index (χ0) is 22.0. The molecule has 8 nitrogen and oxygen atoms in total. The summed E-state index contributed by atoms with van der Waals surface area (Å²) in [5, 5.41) is 10.8. The highest BCUT2D eigenvalue weighted by atomic mass is 35.5. The predicted molar refractivity (Wildman–Crippen MR) is 120 cm³/mol. The lowest BCUT2D eigenvalue weighted by molar-refractivity contribution is 0.0956. The molecule has 3 aromatic rings. The Bertz CT molecular complexity index is 1210. The average molecular weight is 478 g/mol. The molecule has 0 atom stereocenters. The van der Waals surface area contributed by atoms with Gasteiger partial charge in [-0.05, 0) is 61.4 Å². The Balaban J connectivity index is 1.41. The van der Waals surface area contributed by atoms with Crippen LogP contribution < -0.4 is 9.62 Å². The highest BCUT2D eigenvalue weighted by molar-refractivity contribution is 7.99. The van der Waals surface area contributed by atoms with E-state index < -0.39 is 10.0 Å². The fourth-order valence-corrected chi connectivity index (χ4v) is 5.62. The Morgan fingerprint density at radius 1 is 1.26 bits per heavy atom. The van der Waals surface area contributed by atoms with Crippen LogP contribution in [0.4, 0.5) is 5.69 Å². The van der Waals surface area contributed by atoms with Gasteiger partial charge in [0, 0.05) is 29.4 Å². The summed E-state index contributed by atoms with van der Waals surface area (Å²) in [5.74, 6) is 1.19. The minimum atomic E-state index is -3.69. The van der Waals surface area contributed by atoms with Crippen LogP contribution in [0, 0.1) is 6.92 Å². The summed E-state index contributed by atoms with van der Waals surface area (Å²) in [6.45, 7) is 2.62. The Morgan fingerprint density at radius 2 is 2.03 bits per heavy atom. The van der Waals surface area contributed by atoms with Crippen LogP contribution in [0.5, 0.6) is 0 Å². The van der Waals surface area contributed by atoms with Gasteiger partial charge >= 0.3 is 0 Å². The molecule has 0 radical (unpaired) electrons. The van der Waals surface area contributed by atoms with Crippen molar-refractivity contribution in [3.63, 3.8) is 0 Å². The van der Waals surface area contributed by atoms with Crippen LogP contribution in [0.3, 0.4) is 0 Å². The van der Waals surface area contributed by atoms with Crippen molar-refractivity contribution in [2.75, 3.05) is 23.1 Å². The Hall–Kier alpha value is -2.56. The number of H-pyrrole nitrogens is 1. The molecule has 11 heteroatoms. The fourth-order valence-electron chi connectivity index (χ4n) is 3.29. The molecule has 4 rings (SSSR count). The maximum Gasteiger partial charge on any atom is 0.264 e. The van der Waals surface area contributed by atoms with Gasteiger partial charge in [-0.3, -0.25) is 14.2 Å². The number of hydrogen-bond acceptors (Lipinski definition) is 6. The van der Waals surface area contributed by atoms with Crippen molar-refractivity contribution in [1.82, 2.24) is 20.5 Å². The number of rotatable bonds is 7. The Labute approximate surface area is 189 Å². The number of hydrogen-bond donors (Lipinski definition) is 2. The molecular weight excluding hydrogens is 458 g/mol. The summed E-state index contributed by atoms with van der Waals surface area (Å²) in [5.41, 5.74) is 1.93. The van der Waals surface area contributed by atoms with Crippen LogP contribution in [0.25, 0.3) is 0 Å². The Kier molecular flexibility index (Phi) is 6.22. The highest BCUT2D eigenvalue weighted by Crippen LogP contribution is 2.33. The number of carbonyl (C=O) groups excluding carboxylic acids is 1. The number of thioether (sulfide) groups is 1. The first-order valence-electron chi connectivity index (χ1n) is 9.56. The van der Waals surface area contributed by atoms with E-state index in [9.17, 15) is 13.2 Å². The molecule has 0 saturated carbocycles. The van der Waals surface area contributed by atoms with Gasteiger partial charge in [0.25, 0.3) is 15.9 Å². The molecular formula is C20H20ClN5O3S2. The fraction of sp³-hybridized carbons (Fsp3) is 0.250. The number of anilines is 1. The first kappa shape index (κ1) is 21.7. The first-order valence-corrected chi connectivity index (χ1v) is 12.4. The van der Waals surface area contributed by atoms with E-state index in [0.717, 1.165) is 11.4 Å². The van der Waals surface area contributed by atoms with E-state index in [1.807, 2.05) is 6.92 Å². The third kappa shape index (κ3) is 4.70. The second-order valence-electron chi connectivity index (χ2n) is 6.93. The molecule has 0 bridgehead atoms. The van der Waals surface area contributed by atoms with Gasteiger partial charge in [0.2, 0.25) is 5.16 Å². The van der Waals surface area contributed by atoms with Crippen molar-refractivity contribution in [2.45, 2.75) is 23.4 Å². The van der Waals surface area contributed by atoms with Crippen LogP contribution >= 0.6 is 23.4 Å². The van der Waals surface area contributed by atoms with Crippen molar-refractivity contribution >= 4 is 45.0 Å². The summed E-state index contributed by atoms with van der Waals surface area (Å²) in [4.78, 5) is 16.9. The number of aromatic amines is 1. The largest absolute Gasteiger partial charge is 0.351 e. The number of aryl methyl sites for hydroxylation is 1. The van der Waals surface area contributed by atoms with Gasteiger partial charge < -0.3 is 5.32 Å². The van der Waals surface area contributed by atoms with Crippen LogP contribution in [0.2, 0.25) is 5.02 Å². The molecule has 0 saturated heterocycles. The first-order chi connectivity index (χ1) is 14.8. The zero-order valence-corrected chi connectivity index (χ0v) is 19.0. The van der Waals surface area contributed by atoms with Crippen LogP contribution in [0.1, 0.15) is 21.7 Å². The highest BCUT2D eigenvalue weighted by Gasteiger charge is 2.31. The third-order valence-corrected chi connectivity index (χ3v) is 7.72. The van der Waals surface area contributed by atoms with Crippen LogP contribution in [-0.4, -0.2) is 48.3 Å². The molecule has 2 N–H and O–H groups in total. The zero-order valence-electron chi connectivity index (χ0n) is 16.6. The molecule has 31 heavy (non-hydrogen) atoms. The minimum Gasteiger partial charge on any atom is -0.351 e. The van der Waals surface area contributed by atoms with Crippen molar-refractivity contribution in [2.24, 2.45) is 0 Å². The number of nitrogens with one attached hydrogen (secondary N) is 2. The maximum absolute atomic E-state index is 13.0. The Morgan fingerprint density at radius 3 is 2.74 bits per heavy atom. The van der Waals surface area contributed by atoms with E-state index in [1.165, 1.54) is 28.2 Å². The molecule has 0 unspecified atom stereocenters. The van der Waals surface area contributed by atoms with Crippen molar-refractivity contribution < 1.29 is 13.2 Å². The smallest absolute Gasteiger partial charge is 0.264 e. The van der Waals surface area contributed by atoms with Gasteiger partial charge in [-0.2, -0.15) is 0 Å². The number of fused-ring (bicyclic) bond motifs is 1. The molecule has 1 aliphatic heterocycles. The molecule has 0 fully saturated rings. The van der Waals surface area contributed by atoms with E-state index in [1.54, 1.807) is 30.3 Å². The lowest BCUT2D eigenvalue weighted by Gasteiger charge is -2.19. The summed E-state index contributed by atoms with van der Waals surface area (Å²) in [7, 11) is -3.69. The monoisotopic (exact) mass is 477 g/mol. The lowest BCUT2D eigenvalue weighted by atomic mass is 10.1. The summed E-state index contributed by atoms with van der Waals surface area (Å²) in [6.07, 6.45) is 0.545. The molecule has 0 spiro atoms. The van der Waals surface area contributed by atoms with E-state index in [-0.39, 0.29) is 10.8 Å². The van der Waals surface area contributed by atoms with E-state index in [0.29, 0.717) is 46.7 Å². The molecule has 162 valence electrons. The number of benzene rings is 2. The maximum atomic E-state index is 13.0. The third-order valence-electron chi connectivity index (χ3n) is 4.79. The van der Waals surface area contributed by atoms with Gasteiger partial charge in [0.05, 0.1) is 10.6 Å². The summed E-state index contributed by atoms with van der Waals surface area (Å²) in [6, 6.07) is 11.2. The number of sulfonamides is 1. The standard InChI is InChI=1S/C20H20ClN5O3S2/c1-13-23-20(25-24-13)30-11-9-22-19(27)15-2-7-18-14(12-15)8-10-26(18)31(28,29)17-5-3-16(21)4-6-17/h2-7,12H,8-11H2,1H3,(H,22,27)(H,23,24,25). The van der Waals surface area contributed by atoms with Gasteiger partial charge in [0.1, 0.15) is 5.82 Å². The SMILES string of the molecule is Cc1nc(SCCNC(=O)c2ccc3c(c2)CCN3S(=O)(=O)c2ccc(Cl)cc2)n[nH]1. The van der Waals surface area contributed by atoms with Crippen LogP contribution in [-0.2, 0) is 16.4 Å². The number of carbonyl (C=O) groups is 1.